The average Bonchev–Trinajstić information content (AvgIpc) is 3.41. The molecule has 0 aliphatic carbocycles. The van der Waals surface area contributed by atoms with Crippen LogP contribution in [0.5, 0.6) is 11.5 Å². The van der Waals surface area contributed by atoms with E-state index in [-0.39, 0.29) is 0 Å². The van der Waals surface area contributed by atoms with Gasteiger partial charge in [0.25, 0.3) is 0 Å². The first-order valence-electron chi connectivity index (χ1n) is 22.8. The van der Waals surface area contributed by atoms with E-state index in [4.69, 9.17) is 4.74 Å². The minimum atomic E-state index is 0.880. The topological polar surface area (TPSA) is 15.7 Å². The lowest BCUT2D eigenvalue weighted by Crippen LogP contribution is -2.09. The largest absolute Gasteiger partial charge is 0.455 e. The summed E-state index contributed by atoms with van der Waals surface area (Å²) in [6.07, 6.45) is 0. The maximum Gasteiger partial charge on any atom is 0.143 e. The van der Waals surface area contributed by atoms with Crippen molar-refractivity contribution >= 4 is 44.9 Å². The molecule has 316 valence electrons. The smallest absolute Gasteiger partial charge is 0.143 e. The molecule has 3 nitrogen and oxygen atoms in total. The highest BCUT2D eigenvalue weighted by Crippen LogP contribution is 2.53. The van der Waals surface area contributed by atoms with Crippen molar-refractivity contribution in [1.82, 2.24) is 0 Å². The van der Waals surface area contributed by atoms with Crippen molar-refractivity contribution < 1.29 is 4.74 Å². The summed E-state index contributed by atoms with van der Waals surface area (Å²) < 4.78 is 7.16. The predicted octanol–water partition coefficient (Wildman–Crippen LogP) is 18.2. The molecule has 0 unspecified atom stereocenters. The molecule has 0 spiro atoms. The number of ether oxygens (including phenoxy) is 1. The lowest BCUT2D eigenvalue weighted by Gasteiger charge is -2.26. The summed E-state index contributed by atoms with van der Waals surface area (Å²) >= 11 is 0. The van der Waals surface area contributed by atoms with Crippen LogP contribution in [-0.2, 0) is 0 Å². The molecule has 12 rings (SSSR count). The monoisotopic (exact) mass is 856 g/mol. The van der Waals surface area contributed by atoms with Crippen LogP contribution in [-0.4, -0.2) is 0 Å². The van der Waals surface area contributed by atoms with Crippen LogP contribution in [0, 0.1) is 0 Å². The lowest BCUT2D eigenvalue weighted by atomic mass is 9.88. The molecule has 0 aromatic heterocycles. The summed E-state index contributed by atoms with van der Waals surface area (Å²) in [6, 6.07) is 95.0. The zero-order chi connectivity index (χ0) is 44.5. The van der Waals surface area contributed by atoms with Gasteiger partial charge in [0.1, 0.15) is 11.5 Å². The molecule has 67 heavy (non-hydrogen) atoms. The van der Waals surface area contributed by atoms with Gasteiger partial charge in [0.2, 0.25) is 0 Å². The first kappa shape index (κ1) is 39.7. The van der Waals surface area contributed by atoms with Gasteiger partial charge in [-0.05, 0) is 123 Å². The van der Waals surface area contributed by atoms with Gasteiger partial charge in [-0.2, -0.15) is 0 Å². The highest BCUT2D eigenvalue weighted by molar-refractivity contribution is 6.08. The molecule has 1 aliphatic rings. The Bertz CT molecular complexity index is 3400. The molecule has 0 N–H and O–H groups in total. The third kappa shape index (κ3) is 7.49. The van der Waals surface area contributed by atoms with E-state index >= 15 is 0 Å². The molecule has 3 heteroatoms. The van der Waals surface area contributed by atoms with Crippen LogP contribution in [0.2, 0.25) is 0 Å². The van der Waals surface area contributed by atoms with E-state index in [0.717, 1.165) is 106 Å². The van der Waals surface area contributed by atoms with Gasteiger partial charge in [-0.25, -0.2) is 0 Å². The molecular weight excluding hydrogens is 813 g/mol. The van der Waals surface area contributed by atoms with E-state index < -0.39 is 0 Å². The van der Waals surface area contributed by atoms with E-state index in [1.54, 1.807) is 0 Å². The van der Waals surface area contributed by atoms with Crippen molar-refractivity contribution in [2.75, 3.05) is 9.80 Å². The summed E-state index contributed by atoms with van der Waals surface area (Å²) in [4.78, 5) is 4.58. The number of hydrogen-bond donors (Lipinski definition) is 0. The Balaban J connectivity index is 0.832. The molecule has 11 aromatic rings. The Kier molecular flexibility index (Phi) is 10.2. The van der Waals surface area contributed by atoms with Crippen molar-refractivity contribution in [2.45, 2.75) is 0 Å². The van der Waals surface area contributed by atoms with Crippen LogP contribution in [0.15, 0.2) is 267 Å². The maximum absolute atomic E-state index is 7.16. The molecule has 0 amide bonds. The number of anilines is 6. The molecule has 11 aromatic carbocycles. The molecule has 0 radical (unpaired) electrons. The fourth-order valence-corrected chi connectivity index (χ4v) is 9.59. The first-order chi connectivity index (χ1) is 33.2. The van der Waals surface area contributed by atoms with Gasteiger partial charge in [0.05, 0.1) is 0 Å². The third-order valence-electron chi connectivity index (χ3n) is 12.9. The highest BCUT2D eigenvalue weighted by atomic mass is 16.5. The second-order valence-electron chi connectivity index (χ2n) is 16.9. The van der Waals surface area contributed by atoms with E-state index in [0.29, 0.717) is 0 Å². The van der Waals surface area contributed by atoms with Crippen molar-refractivity contribution in [3.05, 3.63) is 267 Å². The predicted molar refractivity (Wildman–Crippen MR) is 281 cm³/mol. The van der Waals surface area contributed by atoms with E-state index in [1.807, 2.05) is 0 Å². The van der Waals surface area contributed by atoms with Crippen LogP contribution in [0.25, 0.3) is 66.4 Å². The molecule has 0 saturated carbocycles. The SMILES string of the molecule is c1ccc(N(c2ccccc2)c2ccc(-c3ccc(-c4cccc5c4Oc4c(-c6ccc(-c7ccc(N(c8ccccc8)c8ccccc8)cc7)cc6)ccc6cccc-5c46)cc3)cc2)cc1. The van der Waals surface area contributed by atoms with Gasteiger partial charge >= 0.3 is 0 Å². The first-order valence-corrected chi connectivity index (χ1v) is 22.8. The molecular formula is C64H44N2O. The van der Waals surface area contributed by atoms with Crippen molar-refractivity contribution in [3.63, 3.8) is 0 Å². The molecule has 1 aliphatic heterocycles. The minimum absolute atomic E-state index is 0.880. The molecule has 1 heterocycles. The zero-order valence-electron chi connectivity index (χ0n) is 36.7. The highest BCUT2D eigenvalue weighted by Gasteiger charge is 2.26. The third-order valence-corrected chi connectivity index (χ3v) is 12.9. The van der Waals surface area contributed by atoms with Gasteiger partial charge in [-0.3, -0.25) is 0 Å². The van der Waals surface area contributed by atoms with Crippen LogP contribution in [0.3, 0.4) is 0 Å². The Morgan fingerprint density at radius 1 is 0.209 bits per heavy atom. The van der Waals surface area contributed by atoms with E-state index in [9.17, 15) is 0 Å². The Morgan fingerprint density at radius 3 is 0.970 bits per heavy atom. The van der Waals surface area contributed by atoms with Gasteiger partial charge in [-0.1, -0.05) is 188 Å². The second kappa shape index (κ2) is 17.2. The number of hydrogen-bond acceptors (Lipinski definition) is 3. The summed E-state index contributed by atoms with van der Waals surface area (Å²) in [7, 11) is 0. The van der Waals surface area contributed by atoms with Crippen molar-refractivity contribution in [2.24, 2.45) is 0 Å². The second-order valence-corrected chi connectivity index (χ2v) is 16.9. The summed E-state index contributed by atoms with van der Waals surface area (Å²) in [5, 5.41) is 2.30. The molecule has 0 fully saturated rings. The Hall–Kier alpha value is -8.92. The number of rotatable bonds is 10. The summed E-state index contributed by atoms with van der Waals surface area (Å²) in [5.74, 6) is 1.77. The van der Waals surface area contributed by atoms with Gasteiger partial charge < -0.3 is 14.5 Å². The van der Waals surface area contributed by atoms with Crippen LogP contribution in [0.4, 0.5) is 34.1 Å². The normalized spacial score (nSPS) is 11.4. The lowest BCUT2D eigenvalue weighted by molar-refractivity contribution is 0.490. The van der Waals surface area contributed by atoms with Gasteiger partial charge in [0.15, 0.2) is 0 Å². The molecule has 0 bridgehead atoms. The Labute approximate surface area is 391 Å². The quantitative estimate of drug-likeness (QED) is 0.136. The van der Waals surface area contributed by atoms with Gasteiger partial charge in [0, 0.05) is 56.2 Å². The number of benzene rings is 11. The average molecular weight is 857 g/mol. The van der Waals surface area contributed by atoms with E-state index in [2.05, 4.69) is 277 Å². The van der Waals surface area contributed by atoms with Crippen molar-refractivity contribution in [1.29, 1.82) is 0 Å². The van der Waals surface area contributed by atoms with Crippen LogP contribution in [0.1, 0.15) is 0 Å². The molecule has 0 atom stereocenters. The standard InChI is InChI=1S/C64H44N2O/c1-5-16-52(17-6-1)65(53-18-7-2-8-19-53)56-40-35-47(36-41-56)45-27-31-49(32-28-45)58-24-14-26-61-60-25-13-15-51-39-44-59(64(62(51)60)67-63(58)61)50-33-29-46(30-34-50)48-37-42-57(43-38-48)66(54-20-9-3-10-21-54)55-22-11-4-12-23-55/h1-44H. The molecule has 0 saturated heterocycles. The zero-order valence-corrected chi connectivity index (χ0v) is 36.7. The number of nitrogens with zero attached hydrogens (tertiary/aromatic N) is 2. The van der Waals surface area contributed by atoms with Crippen molar-refractivity contribution in [3.8, 4) is 67.1 Å². The van der Waals surface area contributed by atoms with Crippen LogP contribution < -0.4 is 14.5 Å². The fourth-order valence-electron chi connectivity index (χ4n) is 9.59. The maximum atomic E-state index is 7.16. The number of fused-ring (bicyclic) bond motifs is 2. The number of para-hydroxylation sites is 5. The Morgan fingerprint density at radius 2 is 0.537 bits per heavy atom. The fraction of sp³-hybridized carbons (Fsp3) is 0. The minimum Gasteiger partial charge on any atom is -0.455 e. The summed E-state index contributed by atoms with van der Waals surface area (Å²) in [6.45, 7) is 0. The summed E-state index contributed by atoms with van der Waals surface area (Å²) in [5.41, 5.74) is 18.0. The van der Waals surface area contributed by atoms with Crippen LogP contribution >= 0.6 is 0 Å². The van der Waals surface area contributed by atoms with E-state index in [1.165, 1.54) is 5.56 Å². The van der Waals surface area contributed by atoms with Gasteiger partial charge in [-0.15, -0.1) is 0 Å².